The van der Waals surface area contributed by atoms with Gasteiger partial charge in [-0.25, -0.2) is 0 Å². The number of aryl methyl sites for hydroxylation is 1. The molecule has 0 bridgehead atoms. The number of nitrogens with zero attached hydrogens (tertiary/aromatic N) is 3. The maximum atomic E-state index is 13.4. The molecule has 1 aliphatic rings. The second-order valence-electron chi connectivity index (χ2n) is 7.67. The third-order valence-electron chi connectivity index (χ3n) is 5.74. The lowest BCUT2D eigenvalue weighted by Gasteiger charge is -2.40. The summed E-state index contributed by atoms with van der Waals surface area (Å²) in [6.07, 6.45) is 1.46. The smallest absolute Gasteiger partial charge is 0.231 e. The van der Waals surface area contributed by atoms with Crippen molar-refractivity contribution in [1.82, 2.24) is 10.2 Å². The zero-order valence-corrected chi connectivity index (χ0v) is 19.6. The number of anilines is 2. The van der Waals surface area contributed by atoms with E-state index in [1.54, 1.807) is 19.1 Å². The molecule has 0 spiro atoms. The minimum absolute atomic E-state index is 0.0331. The molecule has 0 aliphatic carbocycles. The van der Waals surface area contributed by atoms with E-state index in [1.807, 2.05) is 55.5 Å². The molecule has 2 heterocycles. The number of methoxy groups -OCH3 is 2. The lowest BCUT2D eigenvalue weighted by molar-refractivity contribution is -0.125. The van der Waals surface area contributed by atoms with Crippen LogP contribution in [0.1, 0.15) is 36.4 Å². The van der Waals surface area contributed by atoms with Gasteiger partial charge in [0.15, 0.2) is 0 Å². The molecule has 3 aromatic rings. The van der Waals surface area contributed by atoms with Crippen molar-refractivity contribution in [3.05, 3.63) is 59.1 Å². The standard InChI is InChI=1S/C24H26N4O4S/c1-4-20-26-27-24(33-20)25-23(30)19-13-14-21(29)28(16-7-11-18(32-3)12-8-16)22(19)15-5-9-17(31-2)10-6-15/h5-12,19,22H,4,13-14H2,1-3H3,(H,25,27,30)/t19-,22+/m1/s1. The number of ether oxygens (including phenoxy) is 2. The van der Waals surface area contributed by atoms with Crippen LogP contribution in [0.5, 0.6) is 11.5 Å². The highest BCUT2D eigenvalue weighted by molar-refractivity contribution is 7.15. The van der Waals surface area contributed by atoms with Gasteiger partial charge >= 0.3 is 0 Å². The number of aromatic nitrogens is 2. The van der Waals surface area contributed by atoms with E-state index >= 15 is 0 Å². The molecule has 2 amide bonds. The summed E-state index contributed by atoms with van der Waals surface area (Å²) >= 11 is 1.36. The van der Waals surface area contributed by atoms with Gasteiger partial charge in [-0.3, -0.25) is 9.59 Å². The van der Waals surface area contributed by atoms with E-state index < -0.39 is 12.0 Å². The predicted molar refractivity (Wildman–Crippen MR) is 127 cm³/mol. The summed E-state index contributed by atoms with van der Waals surface area (Å²) in [5.74, 6) is 0.724. The molecule has 0 radical (unpaired) electrons. The Labute approximate surface area is 196 Å². The van der Waals surface area contributed by atoms with Gasteiger partial charge in [-0.1, -0.05) is 30.4 Å². The quantitative estimate of drug-likeness (QED) is 0.560. The summed E-state index contributed by atoms with van der Waals surface area (Å²) < 4.78 is 10.6. The van der Waals surface area contributed by atoms with Crippen molar-refractivity contribution in [3.63, 3.8) is 0 Å². The molecular formula is C24H26N4O4S. The molecule has 2 aromatic carbocycles. The highest BCUT2D eigenvalue weighted by atomic mass is 32.1. The van der Waals surface area contributed by atoms with Crippen LogP contribution in [-0.2, 0) is 16.0 Å². The molecule has 1 aliphatic heterocycles. The van der Waals surface area contributed by atoms with Crippen LogP contribution in [0, 0.1) is 5.92 Å². The van der Waals surface area contributed by atoms with E-state index in [2.05, 4.69) is 15.5 Å². The minimum atomic E-state index is -0.482. The van der Waals surface area contributed by atoms with E-state index in [4.69, 9.17) is 9.47 Å². The molecule has 2 atom stereocenters. The van der Waals surface area contributed by atoms with Crippen LogP contribution in [0.2, 0.25) is 0 Å². The number of carbonyl (C=O) groups is 2. The lowest BCUT2D eigenvalue weighted by atomic mass is 9.83. The van der Waals surface area contributed by atoms with Crippen LogP contribution in [0.25, 0.3) is 0 Å². The Morgan fingerprint density at radius 2 is 1.70 bits per heavy atom. The van der Waals surface area contributed by atoms with E-state index in [1.165, 1.54) is 11.3 Å². The van der Waals surface area contributed by atoms with Crippen molar-refractivity contribution in [2.75, 3.05) is 24.4 Å². The fourth-order valence-electron chi connectivity index (χ4n) is 4.04. The minimum Gasteiger partial charge on any atom is -0.497 e. The van der Waals surface area contributed by atoms with Gasteiger partial charge in [0.05, 0.1) is 26.2 Å². The summed E-state index contributed by atoms with van der Waals surface area (Å²) in [6, 6.07) is 14.3. The largest absolute Gasteiger partial charge is 0.497 e. The molecule has 0 unspecified atom stereocenters. The predicted octanol–water partition coefficient (Wildman–Crippen LogP) is 4.24. The third-order valence-corrected chi connectivity index (χ3v) is 6.72. The number of rotatable bonds is 7. The van der Waals surface area contributed by atoms with Gasteiger partial charge in [-0.15, -0.1) is 10.2 Å². The lowest BCUT2D eigenvalue weighted by Crippen LogP contribution is -2.46. The second kappa shape index (κ2) is 9.99. The van der Waals surface area contributed by atoms with Crippen molar-refractivity contribution in [3.8, 4) is 11.5 Å². The Balaban J connectivity index is 1.71. The first-order chi connectivity index (χ1) is 16.0. The van der Waals surface area contributed by atoms with Crippen molar-refractivity contribution < 1.29 is 19.1 Å². The second-order valence-corrected chi connectivity index (χ2v) is 8.73. The van der Waals surface area contributed by atoms with E-state index in [-0.39, 0.29) is 18.2 Å². The molecule has 4 rings (SSSR count). The number of nitrogens with one attached hydrogen (secondary N) is 1. The van der Waals surface area contributed by atoms with Crippen LogP contribution in [0.15, 0.2) is 48.5 Å². The van der Waals surface area contributed by atoms with Crippen molar-refractivity contribution in [1.29, 1.82) is 0 Å². The number of hydrogen-bond donors (Lipinski definition) is 1. The highest BCUT2D eigenvalue weighted by Crippen LogP contribution is 2.41. The van der Waals surface area contributed by atoms with Gasteiger partial charge in [-0.2, -0.15) is 0 Å². The zero-order chi connectivity index (χ0) is 23.4. The van der Waals surface area contributed by atoms with Crippen molar-refractivity contribution in [2.24, 2.45) is 5.92 Å². The first-order valence-corrected chi connectivity index (χ1v) is 11.6. The normalized spacial score (nSPS) is 18.2. The Morgan fingerprint density at radius 1 is 1.06 bits per heavy atom. The molecule has 0 saturated carbocycles. The van der Waals surface area contributed by atoms with Gasteiger partial charge in [-0.05, 0) is 54.8 Å². The summed E-state index contributed by atoms with van der Waals surface area (Å²) in [7, 11) is 3.20. The molecule has 172 valence electrons. The summed E-state index contributed by atoms with van der Waals surface area (Å²) in [5, 5.41) is 12.4. The van der Waals surface area contributed by atoms with Crippen molar-refractivity contribution >= 4 is 34.0 Å². The maximum Gasteiger partial charge on any atom is 0.231 e. The third kappa shape index (κ3) is 4.83. The van der Waals surface area contributed by atoms with E-state index in [0.29, 0.717) is 28.7 Å². The summed E-state index contributed by atoms with van der Waals surface area (Å²) in [6.45, 7) is 1.99. The van der Waals surface area contributed by atoms with Gasteiger partial charge in [0.25, 0.3) is 0 Å². The Bertz CT molecular complexity index is 1110. The topological polar surface area (TPSA) is 93.7 Å². The zero-order valence-electron chi connectivity index (χ0n) is 18.8. The van der Waals surface area contributed by atoms with Crippen LogP contribution in [-0.4, -0.2) is 36.2 Å². The number of hydrogen-bond acceptors (Lipinski definition) is 7. The fraction of sp³-hybridized carbons (Fsp3) is 0.333. The maximum absolute atomic E-state index is 13.4. The fourth-order valence-corrected chi connectivity index (χ4v) is 4.72. The Hall–Kier alpha value is -3.46. The number of piperidine rings is 1. The first kappa shape index (κ1) is 22.7. The molecule has 33 heavy (non-hydrogen) atoms. The van der Waals surface area contributed by atoms with Crippen LogP contribution < -0.4 is 19.7 Å². The highest BCUT2D eigenvalue weighted by Gasteiger charge is 2.41. The molecule has 8 nitrogen and oxygen atoms in total. The van der Waals surface area contributed by atoms with Crippen molar-refractivity contribution in [2.45, 2.75) is 32.2 Å². The monoisotopic (exact) mass is 466 g/mol. The first-order valence-electron chi connectivity index (χ1n) is 10.8. The number of carbonyl (C=O) groups excluding carboxylic acids is 2. The van der Waals surface area contributed by atoms with E-state index in [9.17, 15) is 9.59 Å². The van der Waals surface area contributed by atoms with E-state index in [0.717, 1.165) is 17.0 Å². The van der Waals surface area contributed by atoms with Gasteiger partial charge in [0, 0.05) is 12.1 Å². The van der Waals surface area contributed by atoms with Gasteiger partial charge in [0.1, 0.15) is 16.5 Å². The summed E-state index contributed by atoms with van der Waals surface area (Å²) in [4.78, 5) is 28.3. The Morgan fingerprint density at radius 3 is 2.27 bits per heavy atom. The molecule has 9 heteroatoms. The molecule has 1 N–H and O–H groups in total. The molecule has 1 fully saturated rings. The number of amides is 2. The van der Waals surface area contributed by atoms with Crippen LogP contribution in [0.3, 0.4) is 0 Å². The SMILES string of the molecule is CCc1nnc(NC(=O)[C@@H]2CCC(=O)N(c3ccc(OC)cc3)[C@H]2c2ccc(OC)cc2)s1. The average Bonchev–Trinajstić information content (AvgIpc) is 3.31. The van der Waals surface area contributed by atoms with Crippen LogP contribution in [0.4, 0.5) is 10.8 Å². The number of benzene rings is 2. The molecular weight excluding hydrogens is 440 g/mol. The van der Waals surface area contributed by atoms with Gasteiger partial charge in [0.2, 0.25) is 16.9 Å². The molecule has 1 saturated heterocycles. The Kier molecular flexibility index (Phi) is 6.88. The molecule has 1 aromatic heterocycles. The van der Waals surface area contributed by atoms with Gasteiger partial charge < -0.3 is 19.7 Å². The average molecular weight is 467 g/mol. The summed E-state index contributed by atoms with van der Waals surface area (Å²) in [5.41, 5.74) is 1.56. The van der Waals surface area contributed by atoms with Crippen LogP contribution >= 0.6 is 11.3 Å².